The summed E-state index contributed by atoms with van der Waals surface area (Å²) >= 11 is 0. The number of nitrogens with zero attached hydrogens (tertiary/aromatic N) is 5. The Hall–Kier alpha value is -2.74. The Morgan fingerprint density at radius 3 is 2.41 bits per heavy atom. The smallest absolute Gasteiger partial charge is 0.261 e. The van der Waals surface area contributed by atoms with Crippen LogP contribution in [0.4, 0.5) is 0 Å². The second-order valence-corrected chi connectivity index (χ2v) is 8.92. The lowest BCUT2D eigenvalue weighted by Gasteiger charge is -2.36. The lowest BCUT2D eigenvalue weighted by molar-refractivity contribution is -0.135. The van der Waals surface area contributed by atoms with Gasteiger partial charge in [0.15, 0.2) is 0 Å². The molecule has 0 unspecified atom stereocenters. The van der Waals surface area contributed by atoms with Crippen molar-refractivity contribution in [3.8, 4) is 0 Å². The van der Waals surface area contributed by atoms with E-state index in [4.69, 9.17) is 0 Å². The number of para-hydroxylation sites is 1. The number of amides is 2. The number of piperazine rings is 1. The Balaban J connectivity index is 1.22. The van der Waals surface area contributed by atoms with Crippen molar-refractivity contribution in [1.29, 1.82) is 0 Å². The van der Waals surface area contributed by atoms with Crippen molar-refractivity contribution in [1.82, 2.24) is 24.3 Å². The third-order valence-electron chi connectivity index (χ3n) is 6.64. The third-order valence-corrected chi connectivity index (χ3v) is 6.64. The van der Waals surface area contributed by atoms with Crippen LogP contribution in [0.25, 0.3) is 10.9 Å². The Kier molecular flexibility index (Phi) is 7.19. The monoisotopic (exact) mass is 439 g/mol. The molecule has 3 heterocycles. The highest BCUT2D eigenvalue weighted by atomic mass is 16.2. The van der Waals surface area contributed by atoms with Crippen molar-refractivity contribution in [2.45, 2.75) is 45.6 Å². The maximum absolute atomic E-state index is 12.7. The van der Waals surface area contributed by atoms with Crippen LogP contribution in [-0.2, 0) is 16.1 Å². The van der Waals surface area contributed by atoms with Gasteiger partial charge in [-0.15, -0.1) is 0 Å². The molecule has 4 rings (SSSR count). The molecule has 1 aromatic carbocycles. The Morgan fingerprint density at radius 1 is 0.938 bits per heavy atom. The molecule has 32 heavy (non-hydrogen) atoms. The summed E-state index contributed by atoms with van der Waals surface area (Å²) in [5.41, 5.74) is 1.67. The first kappa shape index (κ1) is 22.5. The lowest BCUT2D eigenvalue weighted by Crippen LogP contribution is -2.52. The van der Waals surface area contributed by atoms with Gasteiger partial charge in [-0.05, 0) is 44.2 Å². The standard InChI is InChI=1S/C24H33N5O3/c1-19-7-5-8-20-23(19)25-18-29(24(20)32)12-6-9-21(30)28-15-13-26(14-16-28)17-22(31)27-10-3-2-4-11-27/h5,7-8,18H,2-4,6,9-17H2,1H3. The summed E-state index contributed by atoms with van der Waals surface area (Å²) in [4.78, 5) is 48.2. The summed E-state index contributed by atoms with van der Waals surface area (Å²) < 4.78 is 1.60. The number of hydrogen-bond acceptors (Lipinski definition) is 5. The number of piperidine rings is 1. The molecule has 2 saturated heterocycles. The van der Waals surface area contributed by atoms with Crippen LogP contribution in [0.1, 0.15) is 37.7 Å². The molecule has 172 valence electrons. The first-order valence-electron chi connectivity index (χ1n) is 11.8. The number of fused-ring (bicyclic) bond motifs is 1. The molecular weight excluding hydrogens is 406 g/mol. The summed E-state index contributed by atoms with van der Waals surface area (Å²) in [5.74, 6) is 0.332. The number of aryl methyl sites for hydroxylation is 2. The average molecular weight is 440 g/mol. The van der Waals surface area contributed by atoms with Crippen molar-refractivity contribution in [3.05, 3.63) is 40.4 Å². The molecule has 2 aliphatic rings. The molecule has 8 nitrogen and oxygen atoms in total. The fourth-order valence-electron chi connectivity index (χ4n) is 4.65. The van der Waals surface area contributed by atoms with Gasteiger partial charge >= 0.3 is 0 Å². The molecule has 2 fully saturated rings. The van der Waals surface area contributed by atoms with E-state index in [1.54, 1.807) is 17.0 Å². The van der Waals surface area contributed by atoms with E-state index in [1.165, 1.54) is 6.42 Å². The molecule has 2 aromatic rings. The van der Waals surface area contributed by atoms with Crippen molar-refractivity contribution < 1.29 is 9.59 Å². The number of aromatic nitrogens is 2. The van der Waals surface area contributed by atoms with E-state index in [0.29, 0.717) is 44.4 Å². The quantitative estimate of drug-likeness (QED) is 0.684. The van der Waals surface area contributed by atoms with E-state index in [0.717, 1.165) is 50.1 Å². The van der Waals surface area contributed by atoms with Gasteiger partial charge in [-0.1, -0.05) is 12.1 Å². The Labute approximate surface area is 188 Å². The minimum absolute atomic E-state index is 0.0573. The van der Waals surface area contributed by atoms with Crippen LogP contribution in [0.15, 0.2) is 29.3 Å². The highest BCUT2D eigenvalue weighted by molar-refractivity contribution is 5.80. The summed E-state index contributed by atoms with van der Waals surface area (Å²) in [6.45, 7) is 7.43. The SMILES string of the molecule is Cc1cccc2c(=O)n(CCCC(=O)N3CCN(CC(=O)N4CCCCC4)CC3)cnc12. The first-order valence-corrected chi connectivity index (χ1v) is 11.8. The number of carbonyl (C=O) groups is 2. The number of carbonyl (C=O) groups excluding carboxylic acids is 2. The number of hydrogen-bond donors (Lipinski definition) is 0. The van der Waals surface area contributed by atoms with Gasteiger partial charge in [-0.3, -0.25) is 23.9 Å². The average Bonchev–Trinajstić information content (AvgIpc) is 2.82. The van der Waals surface area contributed by atoms with Gasteiger partial charge in [0.2, 0.25) is 11.8 Å². The van der Waals surface area contributed by atoms with Crippen LogP contribution >= 0.6 is 0 Å². The maximum Gasteiger partial charge on any atom is 0.261 e. The third kappa shape index (κ3) is 5.18. The molecular formula is C24H33N5O3. The van der Waals surface area contributed by atoms with Crippen molar-refractivity contribution >= 4 is 22.7 Å². The second-order valence-electron chi connectivity index (χ2n) is 8.92. The zero-order valence-electron chi connectivity index (χ0n) is 19.0. The van der Waals surface area contributed by atoms with Crippen LogP contribution < -0.4 is 5.56 Å². The highest BCUT2D eigenvalue weighted by Gasteiger charge is 2.24. The van der Waals surface area contributed by atoms with Gasteiger partial charge in [0.05, 0.1) is 23.8 Å². The van der Waals surface area contributed by atoms with Crippen molar-refractivity contribution in [2.75, 3.05) is 45.8 Å². The number of rotatable bonds is 6. The van der Waals surface area contributed by atoms with Crippen LogP contribution in [0, 0.1) is 6.92 Å². The lowest BCUT2D eigenvalue weighted by atomic mass is 10.1. The maximum atomic E-state index is 12.7. The minimum atomic E-state index is -0.0573. The summed E-state index contributed by atoms with van der Waals surface area (Å²) in [5, 5.41) is 0.619. The van der Waals surface area contributed by atoms with Gasteiger partial charge < -0.3 is 9.80 Å². The molecule has 2 aliphatic heterocycles. The Morgan fingerprint density at radius 2 is 1.66 bits per heavy atom. The molecule has 0 N–H and O–H groups in total. The minimum Gasteiger partial charge on any atom is -0.342 e. The van der Waals surface area contributed by atoms with Crippen LogP contribution in [0.3, 0.4) is 0 Å². The van der Waals surface area contributed by atoms with E-state index >= 15 is 0 Å². The molecule has 0 saturated carbocycles. The van der Waals surface area contributed by atoms with Gasteiger partial charge in [-0.2, -0.15) is 0 Å². The molecule has 0 bridgehead atoms. The van der Waals surface area contributed by atoms with Gasteiger partial charge in [0, 0.05) is 52.2 Å². The zero-order valence-corrected chi connectivity index (χ0v) is 19.0. The summed E-state index contributed by atoms with van der Waals surface area (Å²) in [7, 11) is 0. The van der Waals surface area contributed by atoms with E-state index in [9.17, 15) is 14.4 Å². The first-order chi connectivity index (χ1) is 15.5. The normalized spacial score (nSPS) is 17.7. The summed E-state index contributed by atoms with van der Waals surface area (Å²) in [6, 6.07) is 5.62. The van der Waals surface area contributed by atoms with Crippen molar-refractivity contribution in [2.24, 2.45) is 0 Å². The topological polar surface area (TPSA) is 78.8 Å². The predicted molar refractivity (Wildman–Crippen MR) is 123 cm³/mol. The molecule has 1 aromatic heterocycles. The molecule has 8 heteroatoms. The highest BCUT2D eigenvalue weighted by Crippen LogP contribution is 2.13. The number of likely N-dealkylation sites (tertiary alicyclic amines) is 1. The van der Waals surface area contributed by atoms with E-state index in [-0.39, 0.29) is 17.4 Å². The molecule has 0 radical (unpaired) electrons. The predicted octanol–water partition coefficient (Wildman–Crippen LogP) is 1.64. The van der Waals surface area contributed by atoms with Crippen LogP contribution in [0.5, 0.6) is 0 Å². The fourth-order valence-corrected chi connectivity index (χ4v) is 4.65. The van der Waals surface area contributed by atoms with Gasteiger partial charge in [0.25, 0.3) is 5.56 Å². The Bertz CT molecular complexity index is 1020. The molecule has 0 aliphatic carbocycles. The molecule has 2 amide bonds. The largest absolute Gasteiger partial charge is 0.342 e. The molecule has 0 atom stereocenters. The van der Waals surface area contributed by atoms with E-state index < -0.39 is 0 Å². The van der Waals surface area contributed by atoms with Gasteiger partial charge in [0.1, 0.15) is 0 Å². The van der Waals surface area contributed by atoms with Crippen LogP contribution in [-0.4, -0.2) is 81.9 Å². The van der Waals surface area contributed by atoms with Gasteiger partial charge in [-0.25, -0.2) is 4.98 Å². The summed E-state index contributed by atoms with van der Waals surface area (Å²) in [6.07, 6.45) is 6.02. The van der Waals surface area contributed by atoms with Crippen molar-refractivity contribution in [3.63, 3.8) is 0 Å². The number of benzene rings is 1. The van der Waals surface area contributed by atoms with Crippen LogP contribution in [0.2, 0.25) is 0 Å². The molecule has 0 spiro atoms. The van der Waals surface area contributed by atoms with E-state index in [1.807, 2.05) is 28.9 Å². The second kappa shape index (κ2) is 10.3. The fraction of sp³-hybridized carbons (Fsp3) is 0.583. The zero-order chi connectivity index (χ0) is 22.5. The van der Waals surface area contributed by atoms with E-state index in [2.05, 4.69) is 9.88 Å².